The van der Waals surface area contributed by atoms with E-state index in [1.807, 2.05) is 47.8 Å². The Morgan fingerprint density at radius 2 is 1.79 bits per heavy atom. The predicted octanol–water partition coefficient (Wildman–Crippen LogP) is 4.60. The quantitative estimate of drug-likeness (QED) is 0.489. The van der Waals surface area contributed by atoms with E-state index in [1.54, 1.807) is 31.6 Å². The molecular formula is C21H17N5O2S. The fourth-order valence-corrected chi connectivity index (χ4v) is 3.39. The molecule has 3 aromatic heterocycles. The molecule has 4 rings (SSSR count). The van der Waals surface area contributed by atoms with Gasteiger partial charge in [0.15, 0.2) is 5.13 Å². The van der Waals surface area contributed by atoms with Gasteiger partial charge in [0, 0.05) is 17.8 Å². The van der Waals surface area contributed by atoms with Gasteiger partial charge in [-0.15, -0.1) is 11.3 Å². The van der Waals surface area contributed by atoms with Gasteiger partial charge in [0.1, 0.15) is 17.3 Å². The first kappa shape index (κ1) is 18.6. The van der Waals surface area contributed by atoms with Crippen LogP contribution >= 0.6 is 11.3 Å². The third-order valence-corrected chi connectivity index (χ3v) is 4.82. The Morgan fingerprint density at radius 1 is 0.966 bits per heavy atom. The van der Waals surface area contributed by atoms with Gasteiger partial charge in [0.05, 0.1) is 24.1 Å². The van der Waals surface area contributed by atoms with Gasteiger partial charge in [-0.3, -0.25) is 15.1 Å². The average molecular weight is 403 g/mol. The lowest BCUT2D eigenvalue weighted by Gasteiger charge is -2.13. The fraction of sp³-hybridized carbons (Fsp3) is 0.0476. The van der Waals surface area contributed by atoms with Crippen molar-refractivity contribution in [3.8, 4) is 17.1 Å². The predicted molar refractivity (Wildman–Crippen MR) is 114 cm³/mol. The number of para-hydroxylation sites is 2. The monoisotopic (exact) mass is 403 g/mol. The fourth-order valence-electron chi connectivity index (χ4n) is 2.69. The molecule has 1 aromatic carbocycles. The van der Waals surface area contributed by atoms with Crippen LogP contribution in [-0.2, 0) is 0 Å². The molecule has 0 aliphatic heterocycles. The number of ether oxygens (including phenoxy) is 1. The van der Waals surface area contributed by atoms with Crippen LogP contribution in [0.15, 0.2) is 72.4 Å². The van der Waals surface area contributed by atoms with Crippen LogP contribution in [0.2, 0.25) is 0 Å². The highest BCUT2D eigenvalue weighted by atomic mass is 32.1. The summed E-state index contributed by atoms with van der Waals surface area (Å²) in [6, 6.07) is 16.5. The Balaban J connectivity index is 1.55. The molecule has 0 saturated heterocycles. The number of carbonyl (C=O) groups is 1. The number of carbonyl (C=O) groups excluding carboxylic acids is 1. The van der Waals surface area contributed by atoms with Crippen molar-refractivity contribution in [2.75, 3.05) is 17.7 Å². The van der Waals surface area contributed by atoms with Crippen molar-refractivity contribution in [3.63, 3.8) is 0 Å². The molecule has 144 valence electrons. The van der Waals surface area contributed by atoms with Gasteiger partial charge in [0.2, 0.25) is 0 Å². The van der Waals surface area contributed by atoms with Crippen LogP contribution in [0, 0.1) is 0 Å². The van der Waals surface area contributed by atoms with Crippen molar-refractivity contribution in [1.29, 1.82) is 0 Å². The van der Waals surface area contributed by atoms with E-state index in [2.05, 4.69) is 25.6 Å². The van der Waals surface area contributed by atoms with Gasteiger partial charge in [-0.1, -0.05) is 18.2 Å². The first-order valence-corrected chi connectivity index (χ1v) is 9.66. The summed E-state index contributed by atoms with van der Waals surface area (Å²) in [5, 5.41) is 8.34. The molecule has 0 aliphatic carbocycles. The summed E-state index contributed by atoms with van der Waals surface area (Å²) in [5.41, 5.74) is 2.58. The molecule has 0 saturated carbocycles. The molecule has 0 spiro atoms. The molecule has 0 bridgehead atoms. The largest absolute Gasteiger partial charge is 0.495 e. The molecule has 3 heterocycles. The zero-order chi connectivity index (χ0) is 20.1. The topological polar surface area (TPSA) is 89.0 Å². The molecule has 4 aromatic rings. The Morgan fingerprint density at radius 3 is 2.62 bits per heavy atom. The number of nitrogens with one attached hydrogen (secondary N) is 2. The second kappa shape index (κ2) is 8.49. The first-order chi connectivity index (χ1) is 14.2. The third kappa shape index (κ3) is 4.22. The van der Waals surface area contributed by atoms with Crippen LogP contribution in [0.1, 0.15) is 10.4 Å². The maximum absolute atomic E-state index is 12.9. The van der Waals surface area contributed by atoms with E-state index in [0.717, 1.165) is 11.4 Å². The molecule has 8 heteroatoms. The lowest BCUT2D eigenvalue weighted by atomic mass is 10.2. The van der Waals surface area contributed by atoms with Crippen molar-refractivity contribution in [2.24, 2.45) is 0 Å². The molecule has 0 radical (unpaired) electrons. The van der Waals surface area contributed by atoms with Gasteiger partial charge in [-0.25, -0.2) is 9.97 Å². The zero-order valence-electron chi connectivity index (χ0n) is 15.5. The average Bonchev–Trinajstić information content (AvgIpc) is 3.23. The number of hydrogen-bond acceptors (Lipinski definition) is 7. The maximum Gasteiger partial charge on any atom is 0.261 e. The molecule has 7 nitrogen and oxygen atoms in total. The van der Waals surface area contributed by atoms with Crippen molar-refractivity contribution in [3.05, 3.63) is 77.9 Å². The summed E-state index contributed by atoms with van der Waals surface area (Å²) in [6.45, 7) is 0. The van der Waals surface area contributed by atoms with E-state index in [-0.39, 0.29) is 5.91 Å². The van der Waals surface area contributed by atoms with E-state index in [1.165, 1.54) is 11.3 Å². The van der Waals surface area contributed by atoms with E-state index >= 15 is 0 Å². The lowest BCUT2D eigenvalue weighted by Crippen LogP contribution is -2.14. The van der Waals surface area contributed by atoms with Gasteiger partial charge < -0.3 is 10.1 Å². The number of nitrogens with zero attached hydrogens (tertiary/aromatic N) is 3. The van der Waals surface area contributed by atoms with Crippen molar-refractivity contribution in [1.82, 2.24) is 15.0 Å². The second-order valence-electron chi connectivity index (χ2n) is 5.93. The van der Waals surface area contributed by atoms with Crippen LogP contribution in [0.5, 0.6) is 5.75 Å². The van der Waals surface area contributed by atoms with Crippen LogP contribution in [0.25, 0.3) is 11.4 Å². The number of benzene rings is 1. The summed E-state index contributed by atoms with van der Waals surface area (Å²) < 4.78 is 5.35. The Hall–Kier alpha value is -3.78. The van der Waals surface area contributed by atoms with Crippen LogP contribution in [0.4, 0.5) is 16.6 Å². The normalized spacial score (nSPS) is 10.4. The number of pyridine rings is 2. The first-order valence-electron chi connectivity index (χ1n) is 8.78. The van der Waals surface area contributed by atoms with Crippen LogP contribution in [0.3, 0.4) is 0 Å². The number of thiazole rings is 1. The van der Waals surface area contributed by atoms with Crippen molar-refractivity contribution < 1.29 is 9.53 Å². The molecule has 0 fully saturated rings. The molecule has 0 unspecified atom stereocenters. The van der Waals surface area contributed by atoms with Crippen LogP contribution in [-0.4, -0.2) is 28.0 Å². The highest BCUT2D eigenvalue weighted by Gasteiger charge is 2.16. The number of rotatable bonds is 6. The second-order valence-corrected chi connectivity index (χ2v) is 6.79. The Labute approximate surface area is 171 Å². The molecule has 0 aliphatic rings. The smallest absolute Gasteiger partial charge is 0.261 e. The Kier molecular flexibility index (Phi) is 5.44. The SMILES string of the molecule is COc1ccccc1Nc1ncccc1C(=O)Nc1nc(-c2ccccn2)cs1. The minimum Gasteiger partial charge on any atom is -0.495 e. The number of aromatic nitrogens is 3. The maximum atomic E-state index is 12.9. The summed E-state index contributed by atoms with van der Waals surface area (Å²) in [5.74, 6) is 0.776. The van der Waals surface area contributed by atoms with Crippen molar-refractivity contribution in [2.45, 2.75) is 0 Å². The van der Waals surface area contributed by atoms with Gasteiger partial charge >= 0.3 is 0 Å². The highest BCUT2D eigenvalue weighted by molar-refractivity contribution is 7.14. The Bertz CT molecular complexity index is 1130. The number of methoxy groups -OCH3 is 1. The van der Waals surface area contributed by atoms with Crippen molar-refractivity contribution >= 4 is 33.9 Å². The van der Waals surface area contributed by atoms with Crippen LogP contribution < -0.4 is 15.4 Å². The molecule has 1 amide bonds. The van der Waals surface area contributed by atoms with E-state index in [0.29, 0.717) is 28.0 Å². The summed E-state index contributed by atoms with van der Waals surface area (Å²) in [7, 11) is 1.59. The standard InChI is InChI=1S/C21H17N5O2S/c1-28-18-10-3-2-9-16(18)24-19-14(7-6-12-23-19)20(27)26-21-25-17(13-29-21)15-8-4-5-11-22-15/h2-13H,1H3,(H,23,24)(H,25,26,27). The summed E-state index contributed by atoms with van der Waals surface area (Å²) >= 11 is 1.34. The van der Waals surface area contributed by atoms with E-state index in [9.17, 15) is 4.79 Å². The minimum atomic E-state index is -0.308. The summed E-state index contributed by atoms with van der Waals surface area (Å²) in [4.78, 5) is 25.9. The zero-order valence-corrected chi connectivity index (χ0v) is 16.3. The number of anilines is 3. The molecule has 2 N–H and O–H groups in total. The number of hydrogen-bond donors (Lipinski definition) is 2. The lowest BCUT2D eigenvalue weighted by molar-refractivity contribution is 0.102. The number of amides is 1. The van der Waals surface area contributed by atoms with Gasteiger partial charge in [-0.05, 0) is 36.4 Å². The van der Waals surface area contributed by atoms with Gasteiger partial charge in [0.25, 0.3) is 5.91 Å². The van der Waals surface area contributed by atoms with Gasteiger partial charge in [-0.2, -0.15) is 0 Å². The van der Waals surface area contributed by atoms with E-state index in [4.69, 9.17) is 4.74 Å². The molecular weight excluding hydrogens is 386 g/mol. The minimum absolute atomic E-state index is 0.308. The molecule has 29 heavy (non-hydrogen) atoms. The molecule has 0 atom stereocenters. The highest BCUT2D eigenvalue weighted by Crippen LogP contribution is 2.28. The van der Waals surface area contributed by atoms with E-state index < -0.39 is 0 Å². The summed E-state index contributed by atoms with van der Waals surface area (Å²) in [6.07, 6.45) is 3.33. The third-order valence-electron chi connectivity index (χ3n) is 4.06.